The normalized spacial score (nSPS) is 10.7. The molecule has 0 aliphatic heterocycles. The number of aromatic nitrogens is 2. The van der Waals surface area contributed by atoms with Crippen molar-refractivity contribution in [2.75, 3.05) is 28.2 Å². The van der Waals surface area contributed by atoms with Crippen molar-refractivity contribution in [1.82, 2.24) is 9.80 Å². The van der Waals surface area contributed by atoms with E-state index >= 15 is 0 Å². The van der Waals surface area contributed by atoms with E-state index in [1.807, 2.05) is 0 Å². The fourth-order valence-corrected chi connectivity index (χ4v) is 2.53. The van der Waals surface area contributed by atoms with E-state index in [1.165, 1.54) is 74.4 Å². The van der Waals surface area contributed by atoms with Crippen molar-refractivity contribution in [2.45, 2.75) is 0 Å². The Morgan fingerprint density at radius 3 is 1.43 bits per heavy atom. The molecule has 10 nitrogen and oxygen atoms in total. The van der Waals surface area contributed by atoms with Crippen molar-refractivity contribution in [1.29, 1.82) is 0 Å². The van der Waals surface area contributed by atoms with Crippen molar-refractivity contribution in [2.24, 2.45) is 0 Å². The van der Waals surface area contributed by atoms with Crippen LogP contribution in [0.25, 0.3) is 22.1 Å². The average Bonchev–Trinajstić information content (AvgIpc) is 2.65. The minimum Gasteiger partial charge on any atom is -0.617 e. The molecular weight excluding hydrogens is 368 g/mol. The zero-order valence-electron chi connectivity index (χ0n) is 15.7. The van der Waals surface area contributed by atoms with E-state index < -0.39 is 12.2 Å². The van der Waals surface area contributed by atoms with E-state index in [0.29, 0.717) is 9.46 Å². The number of amides is 2. The Balaban J connectivity index is 2.28. The van der Waals surface area contributed by atoms with Crippen LogP contribution in [0.4, 0.5) is 9.59 Å². The maximum Gasteiger partial charge on any atom is 0.414 e. The Morgan fingerprint density at radius 1 is 0.750 bits per heavy atom. The van der Waals surface area contributed by atoms with Gasteiger partial charge < -0.3 is 29.7 Å². The van der Waals surface area contributed by atoms with Crippen LogP contribution in [0.3, 0.4) is 0 Å². The van der Waals surface area contributed by atoms with Crippen molar-refractivity contribution >= 4 is 34.3 Å². The summed E-state index contributed by atoms with van der Waals surface area (Å²) in [6.45, 7) is 0. The van der Waals surface area contributed by atoms with Crippen LogP contribution in [-0.2, 0) is 0 Å². The zero-order valence-corrected chi connectivity index (χ0v) is 15.7. The molecule has 0 saturated carbocycles. The molecule has 0 radical (unpaired) electrons. The lowest BCUT2D eigenvalue weighted by molar-refractivity contribution is -0.591. The number of hydrogen-bond acceptors (Lipinski definition) is 6. The molecule has 28 heavy (non-hydrogen) atoms. The SMILES string of the molecule is CN(C)C(=O)Oc1cccc2c1[n+]([O-])c1cccc(OC(=O)N(C)C)c1[n+]2[O-]. The van der Waals surface area contributed by atoms with Crippen molar-refractivity contribution < 1.29 is 28.5 Å². The average molecular weight is 386 g/mol. The summed E-state index contributed by atoms with van der Waals surface area (Å²) in [7, 11) is 5.97. The maximum atomic E-state index is 13.0. The smallest absolute Gasteiger partial charge is 0.414 e. The molecule has 0 bridgehead atoms. The van der Waals surface area contributed by atoms with Gasteiger partial charge in [-0.1, -0.05) is 12.1 Å². The molecule has 2 aromatic carbocycles. The summed E-state index contributed by atoms with van der Waals surface area (Å²) in [6, 6.07) is 8.62. The van der Waals surface area contributed by atoms with Gasteiger partial charge in [0.2, 0.25) is 11.5 Å². The first-order valence-corrected chi connectivity index (χ1v) is 8.21. The van der Waals surface area contributed by atoms with Crippen LogP contribution in [0.5, 0.6) is 11.5 Å². The van der Waals surface area contributed by atoms with Gasteiger partial charge in [-0.25, -0.2) is 9.59 Å². The second-order valence-electron chi connectivity index (χ2n) is 6.36. The van der Waals surface area contributed by atoms with E-state index in [-0.39, 0.29) is 33.6 Å². The number of para-hydroxylation sites is 2. The lowest BCUT2D eigenvalue weighted by Gasteiger charge is -2.14. The minimum absolute atomic E-state index is 0.0418. The van der Waals surface area contributed by atoms with E-state index in [9.17, 15) is 20.0 Å². The molecule has 2 amide bonds. The molecule has 0 unspecified atom stereocenters. The van der Waals surface area contributed by atoms with Gasteiger partial charge in [-0.05, 0) is 12.1 Å². The topological polar surface area (TPSA) is 113 Å². The highest BCUT2D eigenvalue weighted by Gasteiger charge is 2.29. The molecule has 1 heterocycles. The van der Waals surface area contributed by atoms with Gasteiger partial charge in [0.15, 0.2) is 0 Å². The largest absolute Gasteiger partial charge is 0.617 e. The molecule has 3 rings (SSSR count). The van der Waals surface area contributed by atoms with Crippen LogP contribution in [0.1, 0.15) is 0 Å². The molecule has 0 aliphatic rings. The van der Waals surface area contributed by atoms with Gasteiger partial charge in [0.05, 0.1) is 0 Å². The number of hydrogen-bond donors (Lipinski definition) is 0. The molecule has 1 aromatic heterocycles. The summed E-state index contributed by atoms with van der Waals surface area (Å²) in [5.41, 5.74) is -0.313. The third-order valence-electron chi connectivity index (χ3n) is 3.92. The Labute approximate surface area is 159 Å². The fraction of sp³-hybridized carbons (Fsp3) is 0.222. The number of ether oxygens (including phenoxy) is 2. The summed E-state index contributed by atoms with van der Waals surface area (Å²) in [6.07, 6.45) is -1.39. The van der Waals surface area contributed by atoms with E-state index in [0.717, 1.165) is 0 Å². The van der Waals surface area contributed by atoms with Gasteiger partial charge in [0.25, 0.3) is 11.0 Å². The monoisotopic (exact) mass is 386 g/mol. The second kappa shape index (κ2) is 7.06. The van der Waals surface area contributed by atoms with Gasteiger partial charge in [0, 0.05) is 40.3 Å². The third kappa shape index (κ3) is 3.15. The number of carbonyl (C=O) groups is 2. The number of rotatable bonds is 2. The lowest BCUT2D eigenvalue weighted by atomic mass is 10.2. The summed E-state index contributed by atoms with van der Waals surface area (Å²) in [5.74, 6) is -0.123. The van der Waals surface area contributed by atoms with Crippen molar-refractivity contribution in [3.05, 3.63) is 46.8 Å². The molecule has 0 N–H and O–H groups in total. The number of nitrogens with zero attached hydrogens (tertiary/aromatic N) is 4. The lowest BCUT2D eigenvalue weighted by Crippen LogP contribution is -2.40. The standard InChI is InChI=1S/C18H18N4O6/c1-19(2)17(23)27-13-9-5-7-11-15(13)21(25)12-8-6-10-14(16(12)22(11)26)28-18(24)20(3)4/h5-10H,1-4H3. The summed E-state index contributed by atoms with van der Waals surface area (Å²) < 4.78 is 11.4. The summed E-state index contributed by atoms with van der Waals surface area (Å²) in [5, 5.41) is 26.0. The number of benzene rings is 2. The molecule has 0 aliphatic carbocycles. The molecule has 0 atom stereocenters. The Hall–Kier alpha value is -3.82. The van der Waals surface area contributed by atoms with Crippen LogP contribution in [-0.4, -0.2) is 50.2 Å². The van der Waals surface area contributed by atoms with Gasteiger partial charge >= 0.3 is 23.2 Å². The third-order valence-corrected chi connectivity index (χ3v) is 3.92. The Morgan fingerprint density at radius 2 is 1.11 bits per heavy atom. The fourth-order valence-electron chi connectivity index (χ4n) is 2.53. The number of fused-ring (bicyclic) bond motifs is 2. The maximum absolute atomic E-state index is 13.0. The first-order chi connectivity index (χ1) is 13.2. The van der Waals surface area contributed by atoms with Crippen molar-refractivity contribution in [3.8, 4) is 11.5 Å². The first kappa shape index (κ1) is 19.0. The van der Waals surface area contributed by atoms with Gasteiger partial charge in [-0.2, -0.15) is 9.46 Å². The van der Waals surface area contributed by atoms with Crippen LogP contribution in [0, 0.1) is 10.4 Å². The molecule has 146 valence electrons. The minimum atomic E-state index is -0.696. The summed E-state index contributed by atoms with van der Waals surface area (Å²) in [4.78, 5) is 26.2. The van der Waals surface area contributed by atoms with E-state index in [4.69, 9.17) is 9.47 Å². The summed E-state index contributed by atoms with van der Waals surface area (Å²) >= 11 is 0. The molecule has 10 heteroatoms. The quantitative estimate of drug-likeness (QED) is 0.374. The second-order valence-corrected chi connectivity index (χ2v) is 6.36. The van der Waals surface area contributed by atoms with Crippen LogP contribution >= 0.6 is 0 Å². The van der Waals surface area contributed by atoms with E-state index in [2.05, 4.69) is 0 Å². The predicted octanol–water partition coefficient (Wildman–Crippen LogP) is 1.38. The van der Waals surface area contributed by atoms with Gasteiger partial charge in [0.1, 0.15) is 0 Å². The molecule has 0 fully saturated rings. The molecular formula is C18H18N4O6. The Kier molecular flexibility index (Phi) is 4.78. The van der Waals surface area contributed by atoms with E-state index in [1.54, 1.807) is 0 Å². The zero-order chi connectivity index (χ0) is 20.6. The van der Waals surface area contributed by atoms with Crippen LogP contribution < -0.4 is 18.9 Å². The van der Waals surface area contributed by atoms with Crippen molar-refractivity contribution in [3.63, 3.8) is 0 Å². The van der Waals surface area contributed by atoms with Crippen LogP contribution in [0.15, 0.2) is 36.4 Å². The highest BCUT2D eigenvalue weighted by atomic mass is 16.6. The highest BCUT2D eigenvalue weighted by Crippen LogP contribution is 2.27. The van der Waals surface area contributed by atoms with Gasteiger partial charge in [-0.15, -0.1) is 0 Å². The first-order valence-electron chi connectivity index (χ1n) is 8.21. The van der Waals surface area contributed by atoms with Crippen LogP contribution in [0.2, 0.25) is 0 Å². The molecule has 0 spiro atoms. The van der Waals surface area contributed by atoms with Gasteiger partial charge in [-0.3, -0.25) is 0 Å². The Bertz CT molecular complexity index is 1010. The molecule has 0 saturated heterocycles. The predicted molar refractivity (Wildman–Crippen MR) is 98.8 cm³/mol. The number of carbonyl (C=O) groups excluding carboxylic acids is 2. The molecule has 3 aromatic rings. The highest BCUT2D eigenvalue weighted by molar-refractivity contribution is 5.86.